The molecule has 1 saturated heterocycles. The molecule has 1 fully saturated rings. The predicted molar refractivity (Wildman–Crippen MR) is 84.8 cm³/mol. The summed E-state index contributed by atoms with van der Waals surface area (Å²) >= 11 is 0. The summed E-state index contributed by atoms with van der Waals surface area (Å²) in [5, 5.41) is 5.82. The molecule has 6 nitrogen and oxygen atoms in total. The highest BCUT2D eigenvalue weighted by Gasteiger charge is 2.28. The highest BCUT2D eigenvalue weighted by Crippen LogP contribution is 2.12. The Labute approximate surface area is 130 Å². The lowest BCUT2D eigenvalue weighted by molar-refractivity contribution is -0.121. The number of ketones is 1. The van der Waals surface area contributed by atoms with Crippen molar-refractivity contribution in [1.82, 2.24) is 5.32 Å². The van der Waals surface area contributed by atoms with Gasteiger partial charge in [-0.2, -0.15) is 0 Å². The normalized spacial score (nSPS) is 19.6. The Morgan fingerprint density at radius 2 is 2.09 bits per heavy atom. The Kier molecular flexibility index (Phi) is 5.18. The van der Waals surface area contributed by atoms with E-state index in [1.54, 1.807) is 18.2 Å². The fourth-order valence-corrected chi connectivity index (χ4v) is 4.05. The number of nitrogens with one attached hydrogen (secondary N) is 2. The highest BCUT2D eigenvalue weighted by molar-refractivity contribution is 7.91. The molecule has 1 unspecified atom stereocenters. The minimum Gasteiger partial charge on any atom is -0.385 e. The van der Waals surface area contributed by atoms with Crippen LogP contribution in [0.2, 0.25) is 0 Å². The monoisotopic (exact) mass is 324 g/mol. The van der Waals surface area contributed by atoms with E-state index < -0.39 is 9.84 Å². The largest absolute Gasteiger partial charge is 0.385 e. The topological polar surface area (TPSA) is 92.3 Å². The smallest absolute Gasteiger partial charge is 0.222 e. The van der Waals surface area contributed by atoms with Crippen LogP contribution >= 0.6 is 0 Å². The van der Waals surface area contributed by atoms with Gasteiger partial charge < -0.3 is 10.6 Å². The maximum Gasteiger partial charge on any atom is 0.222 e. The van der Waals surface area contributed by atoms with Crippen LogP contribution in [0.5, 0.6) is 0 Å². The maximum atomic E-state index is 11.8. The first-order chi connectivity index (χ1) is 10.4. The molecule has 1 atom stereocenters. The zero-order valence-electron chi connectivity index (χ0n) is 12.5. The van der Waals surface area contributed by atoms with Crippen LogP contribution < -0.4 is 10.6 Å². The van der Waals surface area contributed by atoms with Crippen molar-refractivity contribution in [2.24, 2.45) is 0 Å². The second kappa shape index (κ2) is 6.91. The number of hydrogen-bond acceptors (Lipinski definition) is 5. The maximum absolute atomic E-state index is 11.8. The second-order valence-corrected chi connectivity index (χ2v) is 7.71. The van der Waals surface area contributed by atoms with Gasteiger partial charge in [-0.3, -0.25) is 9.59 Å². The zero-order valence-corrected chi connectivity index (χ0v) is 13.3. The van der Waals surface area contributed by atoms with Crippen molar-refractivity contribution in [1.29, 1.82) is 0 Å². The standard InChI is InChI=1S/C15H20N2O4S/c1-11(18)12-3-2-4-13(9-12)16-7-5-15(19)17-14-6-8-22(20,21)10-14/h2-4,9,14,16H,5-8,10H2,1H3,(H,17,19). The molecule has 1 amide bonds. The second-order valence-electron chi connectivity index (χ2n) is 5.48. The lowest BCUT2D eigenvalue weighted by Crippen LogP contribution is -2.36. The number of anilines is 1. The molecule has 0 bridgehead atoms. The molecule has 1 aromatic rings. The van der Waals surface area contributed by atoms with Gasteiger partial charge in [0.2, 0.25) is 5.91 Å². The third kappa shape index (κ3) is 4.84. The number of carbonyl (C=O) groups is 2. The lowest BCUT2D eigenvalue weighted by atomic mass is 10.1. The van der Waals surface area contributed by atoms with Gasteiger partial charge in [0.15, 0.2) is 15.6 Å². The third-order valence-electron chi connectivity index (χ3n) is 3.55. The van der Waals surface area contributed by atoms with Crippen LogP contribution in [0.4, 0.5) is 5.69 Å². The number of carbonyl (C=O) groups excluding carboxylic acids is 2. The van der Waals surface area contributed by atoms with Gasteiger partial charge in [0, 0.05) is 30.3 Å². The summed E-state index contributed by atoms with van der Waals surface area (Å²) in [7, 11) is -2.98. The Bertz CT molecular complexity index is 670. The third-order valence-corrected chi connectivity index (χ3v) is 5.32. The van der Waals surface area contributed by atoms with Crippen molar-refractivity contribution in [2.45, 2.75) is 25.8 Å². The van der Waals surface area contributed by atoms with Crippen LogP contribution in [-0.4, -0.2) is 44.2 Å². The first-order valence-corrected chi connectivity index (χ1v) is 9.02. The summed E-state index contributed by atoms with van der Waals surface area (Å²) in [6, 6.07) is 6.82. The molecule has 1 aliphatic rings. The molecule has 0 aliphatic carbocycles. The number of hydrogen-bond donors (Lipinski definition) is 2. The Hall–Kier alpha value is -1.89. The van der Waals surface area contributed by atoms with E-state index in [-0.39, 0.29) is 35.7 Å². The van der Waals surface area contributed by atoms with E-state index in [0.717, 1.165) is 5.69 Å². The molecular formula is C15H20N2O4S. The minimum absolute atomic E-state index is 0.0103. The van der Waals surface area contributed by atoms with Crippen molar-refractivity contribution in [2.75, 3.05) is 23.4 Å². The van der Waals surface area contributed by atoms with Crippen molar-refractivity contribution >= 4 is 27.2 Å². The molecule has 0 spiro atoms. The number of benzene rings is 1. The fourth-order valence-electron chi connectivity index (χ4n) is 2.38. The fraction of sp³-hybridized carbons (Fsp3) is 0.467. The van der Waals surface area contributed by atoms with Gasteiger partial charge in [0.1, 0.15) is 0 Å². The molecule has 1 heterocycles. The number of rotatable bonds is 6. The van der Waals surface area contributed by atoms with Crippen molar-refractivity contribution in [3.63, 3.8) is 0 Å². The molecule has 22 heavy (non-hydrogen) atoms. The van der Waals surface area contributed by atoms with Gasteiger partial charge in [0.25, 0.3) is 0 Å². The summed E-state index contributed by atoms with van der Waals surface area (Å²) in [5.74, 6) is 0.00193. The van der Waals surface area contributed by atoms with Crippen LogP contribution in [0.25, 0.3) is 0 Å². The lowest BCUT2D eigenvalue weighted by Gasteiger charge is -2.11. The van der Waals surface area contributed by atoms with E-state index in [1.807, 2.05) is 6.07 Å². The van der Waals surface area contributed by atoms with E-state index in [0.29, 0.717) is 18.5 Å². The van der Waals surface area contributed by atoms with E-state index in [1.165, 1.54) is 6.92 Å². The minimum atomic E-state index is -2.98. The molecule has 0 saturated carbocycles. The summed E-state index contributed by atoms with van der Waals surface area (Å²) in [6.45, 7) is 1.93. The number of Topliss-reactive ketones (excluding diaryl/α,β-unsaturated/α-hetero) is 1. The van der Waals surface area contributed by atoms with Gasteiger partial charge in [-0.05, 0) is 25.5 Å². The van der Waals surface area contributed by atoms with Crippen molar-refractivity contribution < 1.29 is 18.0 Å². The molecule has 1 aliphatic heterocycles. The van der Waals surface area contributed by atoms with E-state index in [4.69, 9.17) is 0 Å². The summed E-state index contributed by atoms with van der Waals surface area (Å²) < 4.78 is 22.6. The first-order valence-electron chi connectivity index (χ1n) is 7.20. The average Bonchev–Trinajstić information content (AvgIpc) is 2.78. The number of sulfone groups is 1. The molecule has 2 N–H and O–H groups in total. The van der Waals surface area contributed by atoms with Gasteiger partial charge >= 0.3 is 0 Å². The van der Waals surface area contributed by atoms with Crippen LogP contribution in [0, 0.1) is 0 Å². The Balaban J connectivity index is 1.75. The molecule has 1 aromatic carbocycles. The van der Waals surface area contributed by atoms with E-state index in [9.17, 15) is 18.0 Å². The number of amides is 1. The molecule has 0 aromatic heterocycles. The molecule has 0 radical (unpaired) electrons. The highest BCUT2D eigenvalue weighted by atomic mass is 32.2. The first kappa shape index (κ1) is 16.5. The van der Waals surface area contributed by atoms with Gasteiger partial charge in [0.05, 0.1) is 11.5 Å². The van der Waals surface area contributed by atoms with E-state index in [2.05, 4.69) is 10.6 Å². The predicted octanol–water partition coefficient (Wildman–Crippen LogP) is 0.994. The molecule has 120 valence electrons. The van der Waals surface area contributed by atoms with Crippen LogP contribution in [0.15, 0.2) is 24.3 Å². The van der Waals surface area contributed by atoms with Gasteiger partial charge in [-0.25, -0.2) is 8.42 Å². The van der Waals surface area contributed by atoms with E-state index >= 15 is 0 Å². The van der Waals surface area contributed by atoms with Crippen LogP contribution in [0.3, 0.4) is 0 Å². The Morgan fingerprint density at radius 1 is 1.32 bits per heavy atom. The summed E-state index contributed by atoms with van der Waals surface area (Å²) in [6.07, 6.45) is 0.739. The zero-order chi connectivity index (χ0) is 16.2. The SMILES string of the molecule is CC(=O)c1cccc(NCCC(=O)NC2CCS(=O)(=O)C2)c1. The van der Waals surface area contributed by atoms with Gasteiger partial charge in [-0.1, -0.05) is 12.1 Å². The van der Waals surface area contributed by atoms with Crippen molar-refractivity contribution in [3.8, 4) is 0 Å². The Morgan fingerprint density at radius 3 is 2.73 bits per heavy atom. The van der Waals surface area contributed by atoms with Crippen LogP contribution in [0.1, 0.15) is 30.1 Å². The molecule has 7 heteroatoms. The van der Waals surface area contributed by atoms with Crippen LogP contribution in [-0.2, 0) is 14.6 Å². The van der Waals surface area contributed by atoms with Crippen molar-refractivity contribution in [3.05, 3.63) is 29.8 Å². The molecular weight excluding hydrogens is 304 g/mol. The summed E-state index contributed by atoms with van der Waals surface area (Å²) in [5.41, 5.74) is 1.40. The summed E-state index contributed by atoms with van der Waals surface area (Å²) in [4.78, 5) is 23.1. The van der Waals surface area contributed by atoms with Gasteiger partial charge in [-0.15, -0.1) is 0 Å². The quantitative estimate of drug-likeness (QED) is 0.762. The molecule has 2 rings (SSSR count). The average molecular weight is 324 g/mol.